The molecule has 0 unspecified atom stereocenters. The second-order valence-electron chi connectivity index (χ2n) is 19.6. The fraction of sp³-hybridized carbons (Fsp3) is 0.820. The maximum atomic E-state index is 12.8. The van der Waals surface area contributed by atoms with Crippen LogP contribution in [0.3, 0.4) is 0 Å². The number of esters is 3. The molecule has 0 aromatic rings. The van der Waals surface area contributed by atoms with Crippen LogP contribution in [0.4, 0.5) is 0 Å². The van der Waals surface area contributed by atoms with Gasteiger partial charge in [0.25, 0.3) is 0 Å². The monoisotopic (exact) mass is 939 g/mol. The third-order valence-corrected chi connectivity index (χ3v) is 12.8. The van der Waals surface area contributed by atoms with Crippen molar-refractivity contribution in [3.63, 3.8) is 0 Å². The molecule has 0 fully saturated rings. The molecule has 0 rings (SSSR count). The summed E-state index contributed by atoms with van der Waals surface area (Å²) in [5.41, 5.74) is 0. The van der Waals surface area contributed by atoms with Crippen LogP contribution in [0.15, 0.2) is 48.6 Å². The van der Waals surface area contributed by atoms with Crippen molar-refractivity contribution in [1.29, 1.82) is 0 Å². The minimum Gasteiger partial charge on any atom is -0.462 e. The summed E-state index contributed by atoms with van der Waals surface area (Å²) in [5, 5.41) is 0. The molecular formula is C61H110O6. The summed E-state index contributed by atoms with van der Waals surface area (Å²) in [6.45, 7) is 6.60. The van der Waals surface area contributed by atoms with E-state index in [1.165, 1.54) is 193 Å². The maximum absolute atomic E-state index is 12.8. The smallest absolute Gasteiger partial charge is 0.306 e. The highest BCUT2D eigenvalue weighted by Crippen LogP contribution is 2.16. The van der Waals surface area contributed by atoms with Crippen LogP contribution in [0, 0.1) is 0 Å². The number of hydrogen-bond donors (Lipinski definition) is 0. The first-order chi connectivity index (χ1) is 33.0. The zero-order valence-electron chi connectivity index (χ0n) is 44.7. The number of carbonyl (C=O) groups is 3. The van der Waals surface area contributed by atoms with Gasteiger partial charge in [0.1, 0.15) is 13.2 Å². The van der Waals surface area contributed by atoms with Gasteiger partial charge in [-0.1, -0.05) is 249 Å². The first-order valence-electron chi connectivity index (χ1n) is 29.1. The highest BCUT2D eigenvalue weighted by Gasteiger charge is 2.19. The minimum absolute atomic E-state index is 0.0838. The van der Waals surface area contributed by atoms with Gasteiger partial charge in [0, 0.05) is 19.3 Å². The van der Waals surface area contributed by atoms with Crippen LogP contribution in [0.5, 0.6) is 0 Å². The Hall–Kier alpha value is -2.63. The van der Waals surface area contributed by atoms with Gasteiger partial charge < -0.3 is 14.2 Å². The molecule has 6 nitrogen and oxygen atoms in total. The highest BCUT2D eigenvalue weighted by atomic mass is 16.6. The van der Waals surface area contributed by atoms with Crippen LogP contribution in [0.25, 0.3) is 0 Å². The van der Waals surface area contributed by atoms with Crippen molar-refractivity contribution < 1.29 is 28.6 Å². The Kier molecular flexibility index (Phi) is 53.8. The summed E-state index contributed by atoms with van der Waals surface area (Å²) in [6.07, 6.45) is 68.2. The number of allylic oxidation sites excluding steroid dienone is 8. The lowest BCUT2D eigenvalue weighted by molar-refractivity contribution is -0.167. The Labute approximate surface area is 416 Å². The van der Waals surface area contributed by atoms with E-state index in [-0.39, 0.29) is 31.1 Å². The second-order valence-corrected chi connectivity index (χ2v) is 19.6. The van der Waals surface area contributed by atoms with Crippen molar-refractivity contribution in [3.05, 3.63) is 48.6 Å². The van der Waals surface area contributed by atoms with Gasteiger partial charge in [0.15, 0.2) is 6.10 Å². The number of unbranched alkanes of at least 4 members (excludes halogenated alkanes) is 34. The molecule has 0 aliphatic carbocycles. The molecule has 0 aromatic carbocycles. The molecule has 67 heavy (non-hydrogen) atoms. The van der Waals surface area contributed by atoms with Gasteiger partial charge >= 0.3 is 17.9 Å². The highest BCUT2D eigenvalue weighted by molar-refractivity contribution is 5.71. The largest absolute Gasteiger partial charge is 0.462 e. The average molecular weight is 940 g/mol. The molecule has 1 atom stereocenters. The van der Waals surface area contributed by atoms with E-state index in [4.69, 9.17) is 14.2 Å². The van der Waals surface area contributed by atoms with Crippen LogP contribution in [-0.4, -0.2) is 37.2 Å². The molecule has 390 valence electrons. The van der Waals surface area contributed by atoms with Crippen molar-refractivity contribution in [1.82, 2.24) is 0 Å². The minimum atomic E-state index is -0.788. The fourth-order valence-electron chi connectivity index (χ4n) is 8.39. The van der Waals surface area contributed by atoms with Gasteiger partial charge in [-0.15, -0.1) is 0 Å². The number of ether oxygens (including phenoxy) is 3. The zero-order valence-corrected chi connectivity index (χ0v) is 44.7. The molecule has 0 N–H and O–H groups in total. The first-order valence-corrected chi connectivity index (χ1v) is 29.1. The van der Waals surface area contributed by atoms with Crippen LogP contribution in [-0.2, 0) is 28.6 Å². The van der Waals surface area contributed by atoms with E-state index in [1.54, 1.807) is 0 Å². The van der Waals surface area contributed by atoms with Crippen LogP contribution in [0.1, 0.15) is 303 Å². The Morgan fingerprint density at radius 2 is 0.537 bits per heavy atom. The van der Waals surface area contributed by atoms with Gasteiger partial charge in [-0.2, -0.15) is 0 Å². The van der Waals surface area contributed by atoms with Crippen LogP contribution < -0.4 is 0 Å². The molecule has 0 aromatic heterocycles. The summed E-state index contributed by atoms with van der Waals surface area (Å²) in [7, 11) is 0. The van der Waals surface area contributed by atoms with E-state index in [0.717, 1.165) is 70.6 Å². The van der Waals surface area contributed by atoms with Crippen LogP contribution in [0.2, 0.25) is 0 Å². The molecule has 0 spiro atoms. The predicted molar refractivity (Wildman–Crippen MR) is 289 cm³/mol. The third-order valence-electron chi connectivity index (χ3n) is 12.8. The molecule has 0 amide bonds. The molecule has 0 saturated carbocycles. The molecular weight excluding hydrogens is 829 g/mol. The summed E-state index contributed by atoms with van der Waals surface area (Å²) < 4.78 is 16.8. The van der Waals surface area contributed by atoms with E-state index >= 15 is 0 Å². The van der Waals surface area contributed by atoms with Crippen molar-refractivity contribution in [2.45, 2.75) is 309 Å². The summed E-state index contributed by atoms with van der Waals surface area (Å²) in [4.78, 5) is 38.1. The molecule has 6 heteroatoms. The van der Waals surface area contributed by atoms with E-state index in [2.05, 4.69) is 69.4 Å². The predicted octanol–water partition coefficient (Wildman–Crippen LogP) is 19.4. The lowest BCUT2D eigenvalue weighted by atomic mass is 10.0. The van der Waals surface area contributed by atoms with Gasteiger partial charge in [-0.25, -0.2) is 0 Å². The molecule has 0 aliphatic rings. The first kappa shape index (κ1) is 64.4. The maximum Gasteiger partial charge on any atom is 0.306 e. The lowest BCUT2D eigenvalue weighted by Gasteiger charge is -2.18. The topological polar surface area (TPSA) is 78.9 Å². The quantitative estimate of drug-likeness (QED) is 0.0262. The zero-order chi connectivity index (χ0) is 48.6. The summed E-state index contributed by atoms with van der Waals surface area (Å²) in [6, 6.07) is 0. The summed E-state index contributed by atoms with van der Waals surface area (Å²) in [5.74, 6) is -0.914. The lowest BCUT2D eigenvalue weighted by Crippen LogP contribution is -2.30. The molecule has 0 bridgehead atoms. The van der Waals surface area contributed by atoms with E-state index in [0.29, 0.717) is 19.3 Å². The van der Waals surface area contributed by atoms with E-state index in [9.17, 15) is 14.4 Å². The van der Waals surface area contributed by atoms with Crippen molar-refractivity contribution in [2.24, 2.45) is 0 Å². The van der Waals surface area contributed by atoms with Crippen molar-refractivity contribution in [3.8, 4) is 0 Å². The Morgan fingerprint density at radius 1 is 0.299 bits per heavy atom. The van der Waals surface area contributed by atoms with Crippen molar-refractivity contribution >= 4 is 17.9 Å². The third kappa shape index (κ3) is 54.2. The fourth-order valence-corrected chi connectivity index (χ4v) is 8.39. The second kappa shape index (κ2) is 56.0. The molecule has 0 aliphatic heterocycles. The van der Waals surface area contributed by atoms with Gasteiger partial charge in [-0.05, 0) is 83.5 Å². The van der Waals surface area contributed by atoms with Crippen molar-refractivity contribution in [2.75, 3.05) is 13.2 Å². The Morgan fingerprint density at radius 3 is 0.925 bits per heavy atom. The van der Waals surface area contributed by atoms with Gasteiger partial charge in [-0.3, -0.25) is 14.4 Å². The van der Waals surface area contributed by atoms with E-state index < -0.39 is 6.10 Å². The number of carbonyl (C=O) groups excluding carboxylic acids is 3. The van der Waals surface area contributed by atoms with Crippen LogP contribution >= 0.6 is 0 Å². The Balaban J connectivity index is 4.37. The average Bonchev–Trinajstić information content (AvgIpc) is 3.33. The normalized spacial score (nSPS) is 12.3. The van der Waals surface area contributed by atoms with Gasteiger partial charge in [0.2, 0.25) is 0 Å². The summed E-state index contributed by atoms with van der Waals surface area (Å²) >= 11 is 0. The Bertz CT molecular complexity index is 1170. The number of hydrogen-bond acceptors (Lipinski definition) is 6. The SMILES string of the molecule is CCCCC/C=C\C/C=C\C/C=C\CCCCC(=O)OC[C@H](COC(=O)CCCCCCCCCCCCCCCCCCCCC)OC(=O)CCCCCCCCC/C=C\CCCCCC. The number of rotatable bonds is 53. The molecule has 0 heterocycles. The van der Waals surface area contributed by atoms with E-state index in [1.807, 2.05) is 0 Å². The standard InChI is InChI=1S/C61H110O6/c1-4-7-10-13-16-19-22-25-28-29-30-31-34-36-39-42-45-48-51-54-60(63)66-57-58(67-61(64)55-52-49-46-43-40-37-33-27-24-21-18-15-12-9-6-3)56-65-59(62)53-50-47-44-41-38-35-32-26-23-20-17-14-11-8-5-2/h17,20-21,24,26,32,38,41,58H,4-16,18-19,22-23,25,27-31,33-37,39-40,42-57H2,1-3H3/b20-17-,24-21-,32-26-,41-38-/t58-/m1/s1. The molecule has 0 saturated heterocycles. The molecule has 0 radical (unpaired) electrons. The van der Waals surface area contributed by atoms with Gasteiger partial charge in [0.05, 0.1) is 0 Å².